The predicted octanol–water partition coefficient (Wildman–Crippen LogP) is -7.21. The largest absolute Gasteiger partial charge is 1.00 e. The minimum atomic E-state index is -5.58. The summed E-state index contributed by atoms with van der Waals surface area (Å²) in [4.78, 5) is 113. The molecule has 29 nitrogen and oxygen atoms in total. The zero-order valence-corrected chi connectivity index (χ0v) is 48.6. The molecular weight excluding hydrogens is 1100 g/mol. The van der Waals surface area contributed by atoms with Crippen molar-refractivity contribution in [3.05, 3.63) is 23.8 Å². The van der Waals surface area contributed by atoms with Crippen LogP contribution in [0.4, 0.5) is 0 Å². The molecule has 3 heterocycles. The molecule has 0 bridgehead atoms. The Balaban J connectivity index is 0.0000172. The summed E-state index contributed by atoms with van der Waals surface area (Å²) in [5, 5.41) is 111. The summed E-state index contributed by atoms with van der Waals surface area (Å²) in [6.45, 7) is 2.02. The summed E-state index contributed by atoms with van der Waals surface area (Å²) >= 11 is 0. The van der Waals surface area contributed by atoms with Crippen molar-refractivity contribution in [3.8, 4) is 11.5 Å². The van der Waals surface area contributed by atoms with Crippen molar-refractivity contribution in [2.75, 3.05) is 13.1 Å². The number of phenolic OH excluding ortho intramolecular Hbond substituents is 1. The van der Waals surface area contributed by atoms with Crippen molar-refractivity contribution in [2.24, 2.45) is 5.73 Å². The number of nitrogens with one attached hydrogen (secondary N) is 5. The third kappa shape index (κ3) is 21.4. The SMILES string of the molecule is CCCCCCCCCCCCCCCC(=O)NC1CC(O)C(O)NC(=O)C2C(O)CCN2C(=O)C(C(O)CC(N)=O)NC(=O)C(C(O)C(O)c2ccc(O)c(OS(=O)(=O)[O-])c2)NC(=O)C2CC(O)CN2C(=O)C(C(C)O)NC1=O.[Na+]. The molecule has 3 saturated heterocycles. The first-order chi connectivity index (χ1) is 37.6. The van der Waals surface area contributed by atoms with E-state index in [0.29, 0.717) is 34.8 Å². The number of aromatic hydroxyl groups is 1. The van der Waals surface area contributed by atoms with Gasteiger partial charge in [-0.05, 0) is 37.5 Å². The van der Waals surface area contributed by atoms with Crippen LogP contribution in [-0.2, 0) is 48.8 Å². The zero-order valence-electron chi connectivity index (χ0n) is 45.8. The molecule has 16 N–H and O–H groups in total. The molecule has 31 heteroatoms. The normalized spacial score (nSPS) is 27.0. The van der Waals surface area contributed by atoms with Gasteiger partial charge in [-0.3, -0.25) is 38.4 Å². The van der Waals surface area contributed by atoms with Crippen molar-refractivity contribution in [3.63, 3.8) is 0 Å². The number of amides is 8. The van der Waals surface area contributed by atoms with Crippen molar-refractivity contribution >= 4 is 57.7 Å². The standard InChI is InChI=1S/C50H80N8O21S.Na/c1-3-4-5-6-7-8-9-10-11-12-13-14-15-16-37(66)52-29-23-34(64)46(71)56-48(73)41-32(62)19-20-57(41)50(75)39(33(63)24-36(51)65)54-47(72)40(43(68)42(67)27-17-18-31(61)35(21-27)79-80(76,77)78)55-45(70)30-22-28(60)25-58(30)49(74)38(26(2)59)53-44(29)69;/h17-18,21,26,28-30,32-34,38-43,46,59-64,67-68,71H,3-16,19-20,22-25H2,1-2H3,(H2,51,65)(H,52,66)(H,53,69)(H,54,72)(H,55,70)(H,56,73)(H,76,77,78);/q;+1/p-1. The third-order valence-electron chi connectivity index (χ3n) is 14.2. The number of unbranched alkanes of at least 4 members (excludes halogenated alkanes) is 12. The van der Waals surface area contributed by atoms with Gasteiger partial charge < -0.3 is 96.8 Å². The Morgan fingerprint density at radius 2 is 1.31 bits per heavy atom. The summed E-state index contributed by atoms with van der Waals surface area (Å²) in [5.41, 5.74) is 4.70. The number of rotatable bonds is 24. The van der Waals surface area contributed by atoms with E-state index in [2.05, 4.69) is 27.1 Å². The van der Waals surface area contributed by atoms with Gasteiger partial charge in [-0.2, -0.15) is 0 Å². The number of aliphatic hydroxyl groups is 8. The summed E-state index contributed by atoms with van der Waals surface area (Å²) < 4.78 is 38.4. The van der Waals surface area contributed by atoms with Crippen LogP contribution in [0, 0.1) is 0 Å². The molecule has 8 amide bonds. The monoisotopic (exact) mass is 1180 g/mol. The van der Waals surface area contributed by atoms with E-state index < -0.39 is 192 Å². The van der Waals surface area contributed by atoms with Crippen molar-refractivity contribution in [2.45, 2.75) is 215 Å². The first kappa shape index (κ1) is 70.4. The van der Waals surface area contributed by atoms with E-state index in [0.717, 1.165) is 45.1 Å². The van der Waals surface area contributed by atoms with Crippen molar-refractivity contribution in [1.29, 1.82) is 0 Å². The van der Waals surface area contributed by atoms with Crippen LogP contribution in [-0.4, -0.2) is 208 Å². The number of carbonyl (C=O) groups excluding carboxylic acids is 8. The predicted molar refractivity (Wildman–Crippen MR) is 276 cm³/mol. The average Bonchev–Trinajstić information content (AvgIpc) is 4.13. The average molecular weight is 1180 g/mol. The van der Waals surface area contributed by atoms with Crippen molar-refractivity contribution < 1.29 is 131 Å². The van der Waals surface area contributed by atoms with E-state index in [1.807, 2.05) is 10.6 Å². The van der Waals surface area contributed by atoms with E-state index in [-0.39, 0.29) is 42.4 Å². The molecule has 3 aliphatic rings. The van der Waals surface area contributed by atoms with Crippen molar-refractivity contribution in [1.82, 2.24) is 36.4 Å². The Bertz CT molecular complexity index is 2410. The van der Waals surface area contributed by atoms with Gasteiger partial charge in [-0.25, -0.2) is 8.42 Å². The van der Waals surface area contributed by atoms with Crippen LogP contribution in [0.5, 0.6) is 11.5 Å². The van der Waals surface area contributed by atoms with Gasteiger partial charge in [0.2, 0.25) is 47.3 Å². The van der Waals surface area contributed by atoms with Gasteiger partial charge in [-0.15, -0.1) is 0 Å². The fourth-order valence-electron chi connectivity index (χ4n) is 9.86. The molecule has 0 aromatic heterocycles. The van der Waals surface area contributed by atoms with Gasteiger partial charge in [0, 0.05) is 32.4 Å². The number of phenols is 1. The third-order valence-corrected chi connectivity index (χ3v) is 14.6. The molecule has 1 aromatic carbocycles. The maximum Gasteiger partial charge on any atom is 1.00 e. The molecule has 0 aliphatic carbocycles. The number of hydrogen-bond acceptors (Lipinski definition) is 21. The number of fused-ring (bicyclic) bond motifs is 2. The van der Waals surface area contributed by atoms with E-state index in [1.165, 1.54) is 38.5 Å². The second-order valence-corrected chi connectivity index (χ2v) is 21.7. The fourth-order valence-corrected chi connectivity index (χ4v) is 10.2. The molecule has 81 heavy (non-hydrogen) atoms. The van der Waals surface area contributed by atoms with Crippen LogP contribution in [0.3, 0.4) is 0 Å². The van der Waals surface area contributed by atoms with Gasteiger partial charge in [-0.1, -0.05) is 90.0 Å². The number of primary amides is 1. The quantitative estimate of drug-likeness (QED) is 0.0198. The van der Waals surface area contributed by atoms with Gasteiger partial charge in [0.25, 0.3) is 10.4 Å². The topological polar surface area (TPSA) is 478 Å². The Labute approximate surface area is 491 Å². The Morgan fingerprint density at radius 3 is 1.88 bits per heavy atom. The van der Waals surface area contributed by atoms with Crippen LogP contribution in [0.25, 0.3) is 0 Å². The first-order valence-electron chi connectivity index (χ1n) is 27.0. The van der Waals surface area contributed by atoms with Gasteiger partial charge in [0.05, 0.1) is 30.8 Å². The number of benzene rings is 1. The van der Waals surface area contributed by atoms with Crippen LogP contribution in [0.15, 0.2) is 18.2 Å². The Hall–Kier alpha value is -4.83. The van der Waals surface area contributed by atoms with E-state index in [9.17, 15) is 97.3 Å². The molecule has 0 radical (unpaired) electrons. The zero-order chi connectivity index (χ0) is 59.6. The summed E-state index contributed by atoms with van der Waals surface area (Å²) in [6, 6.07) is -10.6. The number of hydrogen-bond donors (Lipinski definition) is 15. The van der Waals surface area contributed by atoms with Crippen LogP contribution in [0.1, 0.15) is 141 Å². The molecule has 452 valence electrons. The number of nitrogens with zero attached hydrogens (tertiary/aromatic N) is 2. The molecule has 0 spiro atoms. The second-order valence-electron chi connectivity index (χ2n) is 20.7. The number of nitrogens with two attached hydrogens (primary N) is 1. The van der Waals surface area contributed by atoms with Gasteiger partial charge >= 0.3 is 29.6 Å². The molecule has 3 fully saturated rings. The smallest absolute Gasteiger partial charge is 0.716 e. The molecule has 4 rings (SSSR count). The first-order valence-corrected chi connectivity index (χ1v) is 28.3. The van der Waals surface area contributed by atoms with Crippen LogP contribution >= 0.6 is 0 Å². The summed E-state index contributed by atoms with van der Waals surface area (Å²) in [6.07, 6.45) is -6.80. The molecule has 1 aromatic rings. The minimum Gasteiger partial charge on any atom is -0.716 e. The van der Waals surface area contributed by atoms with E-state index >= 15 is 0 Å². The summed E-state index contributed by atoms with van der Waals surface area (Å²) in [7, 11) is -5.58. The minimum absolute atomic E-state index is 0. The maximum absolute atomic E-state index is 14.5. The van der Waals surface area contributed by atoms with Gasteiger partial charge in [0.1, 0.15) is 54.6 Å². The molecular formula is C50H79N8NaO21S. The summed E-state index contributed by atoms with van der Waals surface area (Å²) in [5.74, 6) is -12.4. The second kappa shape index (κ2) is 33.5. The molecule has 3 aliphatic heterocycles. The van der Waals surface area contributed by atoms with E-state index in [4.69, 9.17) is 5.73 Å². The van der Waals surface area contributed by atoms with E-state index in [1.54, 1.807) is 0 Å². The Kier molecular flexibility index (Phi) is 29.1. The number of carbonyl (C=O) groups is 8. The fraction of sp³-hybridized carbons (Fsp3) is 0.720. The number of aliphatic hydroxyl groups excluding tert-OH is 8. The van der Waals surface area contributed by atoms with Gasteiger partial charge in [0.15, 0.2) is 17.7 Å². The van der Waals surface area contributed by atoms with Crippen LogP contribution < -0.4 is 66.1 Å². The van der Waals surface area contributed by atoms with Crippen LogP contribution in [0.2, 0.25) is 0 Å². The molecule has 0 saturated carbocycles. The maximum atomic E-state index is 14.5. The molecule has 14 atom stereocenters. The Morgan fingerprint density at radius 1 is 0.753 bits per heavy atom. The molecule has 14 unspecified atom stereocenters.